The van der Waals surface area contributed by atoms with Crippen LogP contribution in [0.5, 0.6) is 5.75 Å². The Hall–Kier alpha value is -3.31. The van der Waals surface area contributed by atoms with Gasteiger partial charge in [0.25, 0.3) is 10.0 Å². The van der Waals surface area contributed by atoms with Crippen LogP contribution in [-0.2, 0) is 10.0 Å². The molecular formula is C22H22F3N3O4S. The summed E-state index contributed by atoms with van der Waals surface area (Å²) in [5.74, 6) is -0.0608. The third-order valence-electron chi connectivity index (χ3n) is 4.63. The summed E-state index contributed by atoms with van der Waals surface area (Å²) in [6.45, 7) is 1.98. The Balaban J connectivity index is 1.63. The summed E-state index contributed by atoms with van der Waals surface area (Å²) in [5, 5.41) is 13.1. The smallest absolute Gasteiger partial charge is 0.406 e. The molecule has 0 aliphatic carbocycles. The monoisotopic (exact) mass is 481 g/mol. The molecule has 176 valence electrons. The molecule has 0 aliphatic heterocycles. The van der Waals surface area contributed by atoms with Crippen LogP contribution in [0.1, 0.15) is 18.6 Å². The van der Waals surface area contributed by atoms with Crippen molar-refractivity contribution in [3.05, 3.63) is 78.5 Å². The molecule has 0 saturated heterocycles. The Bertz CT molecular complexity index is 1140. The van der Waals surface area contributed by atoms with Crippen LogP contribution in [0.3, 0.4) is 0 Å². The topological polar surface area (TPSA) is 91.8 Å². The fourth-order valence-electron chi connectivity index (χ4n) is 3.06. The van der Waals surface area contributed by atoms with Crippen LogP contribution in [0.15, 0.2) is 77.8 Å². The lowest BCUT2D eigenvalue weighted by Gasteiger charge is -2.22. The zero-order chi connectivity index (χ0) is 24.1. The zero-order valence-electron chi connectivity index (χ0n) is 17.5. The number of pyridine rings is 1. The number of nitrogens with one attached hydrogen (secondary N) is 1. The molecule has 1 atom stereocenters. The summed E-state index contributed by atoms with van der Waals surface area (Å²) < 4.78 is 67.7. The second-order valence-corrected chi connectivity index (χ2v) is 8.76. The highest BCUT2D eigenvalue weighted by molar-refractivity contribution is 7.92. The van der Waals surface area contributed by atoms with Gasteiger partial charge in [-0.25, -0.2) is 13.4 Å². The summed E-state index contributed by atoms with van der Waals surface area (Å²) in [5.41, 5.74) is 0.912. The number of aliphatic hydroxyl groups is 1. The molecule has 2 aromatic carbocycles. The molecule has 0 saturated carbocycles. The predicted molar refractivity (Wildman–Crippen MR) is 117 cm³/mol. The molecule has 0 radical (unpaired) electrons. The zero-order valence-corrected chi connectivity index (χ0v) is 18.3. The second kappa shape index (κ2) is 10.1. The maximum Gasteiger partial charge on any atom is 0.573 e. The van der Waals surface area contributed by atoms with E-state index in [2.05, 4.69) is 15.0 Å². The van der Waals surface area contributed by atoms with Gasteiger partial charge in [-0.2, -0.15) is 0 Å². The molecule has 0 amide bonds. The van der Waals surface area contributed by atoms with Crippen LogP contribution >= 0.6 is 0 Å². The molecule has 0 aliphatic rings. The molecule has 1 unspecified atom stereocenters. The number of ether oxygens (including phenoxy) is 1. The van der Waals surface area contributed by atoms with Crippen molar-refractivity contribution >= 4 is 21.5 Å². The molecule has 11 heteroatoms. The van der Waals surface area contributed by atoms with Crippen LogP contribution in [0, 0.1) is 0 Å². The van der Waals surface area contributed by atoms with Gasteiger partial charge in [0.2, 0.25) is 0 Å². The van der Waals surface area contributed by atoms with Gasteiger partial charge in [0.05, 0.1) is 11.8 Å². The molecule has 1 heterocycles. The minimum atomic E-state index is -4.79. The first-order valence-electron chi connectivity index (χ1n) is 9.91. The Morgan fingerprint density at radius 1 is 1.06 bits per heavy atom. The highest BCUT2D eigenvalue weighted by Crippen LogP contribution is 2.25. The molecule has 0 fully saturated rings. The number of anilines is 2. The van der Waals surface area contributed by atoms with Crippen molar-refractivity contribution in [1.29, 1.82) is 0 Å². The first-order valence-corrected chi connectivity index (χ1v) is 11.4. The number of hydrogen-bond acceptors (Lipinski definition) is 6. The summed E-state index contributed by atoms with van der Waals surface area (Å²) in [6.07, 6.45) is -4.61. The first-order chi connectivity index (χ1) is 15.6. The molecule has 7 nitrogen and oxygen atoms in total. The number of hydrogen-bond donors (Lipinski definition) is 2. The minimum Gasteiger partial charge on any atom is -0.406 e. The van der Waals surface area contributed by atoms with Gasteiger partial charge in [-0.3, -0.25) is 4.31 Å². The van der Waals surface area contributed by atoms with Crippen molar-refractivity contribution in [3.63, 3.8) is 0 Å². The number of aromatic nitrogens is 1. The minimum absolute atomic E-state index is 0.00364. The van der Waals surface area contributed by atoms with Gasteiger partial charge in [-0.1, -0.05) is 30.3 Å². The number of nitrogens with zero attached hydrogens (tertiary/aromatic N) is 2. The average Bonchev–Trinajstić information content (AvgIpc) is 2.78. The molecule has 3 rings (SSSR count). The second-order valence-electron chi connectivity index (χ2n) is 6.90. The molecule has 1 aromatic heterocycles. The number of sulfonamides is 1. The normalized spacial score (nSPS) is 12.8. The van der Waals surface area contributed by atoms with E-state index in [0.717, 1.165) is 12.1 Å². The molecule has 0 spiro atoms. The number of halogens is 3. The lowest BCUT2D eigenvalue weighted by Crippen LogP contribution is -2.30. The van der Waals surface area contributed by atoms with E-state index in [-0.39, 0.29) is 23.7 Å². The molecule has 0 bridgehead atoms. The maximum atomic E-state index is 13.0. The van der Waals surface area contributed by atoms with Crippen molar-refractivity contribution in [2.24, 2.45) is 0 Å². The van der Waals surface area contributed by atoms with Crippen molar-refractivity contribution < 1.29 is 31.4 Å². The fraction of sp³-hybridized carbons (Fsp3) is 0.227. The van der Waals surface area contributed by atoms with Gasteiger partial charge >= 0.3 is 6.36 Å². The third-order valence-corrected chi connectivity index (χ3v) is 6.52. The Labute approximate surface area is 189 Å². The van der Waals surface area contributed by atoms with Gasteiger partial charge in [0, 0.05) is 19.3 Å². The Morgan fingerprint density at radius 3 is 2.27 bits per heavy atom. The van der Waals surface area contributed by atoms with Crippen molar-refractivity contribution in [1.82, 2.24) is 4.98 Å². The lowest BCUT2D eigenvalue weighted by molar-refractivity contribution is -0.274. The van der Waals surface area contributed by atoms with E-state index in [9.17, 15) is 26.7 Å². The summed E-state index contributed by atoms with van der Waals surface area (Å²) >= 11 is 0. The Kier molecular flexibility index (Phi) is 7.44. The molecule has 2 N–H and O–H groups in total. The number of aliphatic hydroxyl groups excluding tert-OH is 1. The van der Waals surface area contributed by atoms with Crippen molar-refractivity contribution in [3.8, 4) is 5.75 Å². The van der Waals surface area contributed by atoms with Crippen LogP contribution < -0.4 is 14.4 Å². The highest BCUT2D eigenvalue weighted by Gasteiger charge is 2.31. The van der Waals surface area contributed by atoms with E-state index < -0.39 is 22.5 Å². The van der Waals surface area contributed by atoms with E-state index in [4.69, 9.17) is 0 Å². The number of para-hydroxylation sites is 1. The van der Waals surface area contributed by atoms with Gasteiger partial charge in [0.1, 0.15) is 16.5 Å². The van der Waals surface area contributed by atoms with Crippen molar-refractivity contribution in [2.45, 2.75) is 24.3 Å². The van der Waals surface area contributed by atoms with Gasteiger partial charge in [0.15, 0.2) is 0 Å². The van der Waals surface area contributed by atoms with E-state index in [1.165, 1.54) is 34.8 Å². The maximum absolute atomic E-state index is 13.0. The highest BCUT2D eigenvalue weighted by atomic mass is 32.2. The largest absolute Gasteiger partial charge is 0.573 e. The van der Waals surface area contributed by atoms with Crippen LogP contribution in [0.4, 0.5) is 24.7 Å². The molecule has 3 aromatic rings. The van der Waals surface area contributed by atoms with Gasteiger partial charge in [-0.05, 0) is 48.9 Å². The van der Waals surface area contributed by atoms with E-state index >= 15 is 0 Å². The van der Waals surface area contributed by atoms with Crippen LogP contribution in [0.2, 0.25) is 0 Å². The van der Waals surface area contributed by atoms with E-state index in [1.54, 1.807) is 37.3 Å². The predicted octanol–water partition coefficient (Wildman–Crippen LogP) is 4.34. The van der Waals surface area contributed by atoms with E-state index in [0.29, 0.717) is 17.1 Å². The number of benzene rings is 2. The van der Waals surface area contributed by atoms with Crippen molar-refractivity contribution in [2.75, 3.05) is 22.7 Å². The quantitative estimate of drug-likeness (QED) is 0.473. The molecular weight excluding hydrogens is 459 g/mol. The lowest BCUT2D eigenvalue weighted by atomic mass is 10.1. The molecule has 33 heavy (non-hydrogen) atoms. The number of rotatable bonds is 9. The van der Waals surface area contributed by atoms with Crippen LogP contribution in [-0.4, -0.2) is 38.0 Å². The first kappa shape index (κ1) is 24.3. The average molecular weight is 481 g/mol. The SMILES string of the molecule is CCN(c1ccccc1)S(=O)(=O)c1ccc(NCC(O)c2ccc(OC(F)(F)F)cc2)nc1. The van der Waals surface area contributed by atoms with Gasteiger partial charge in [-0.15, -0.1) is 13.2 Å². The third kappa shape index (κ3) is 6.36. The number of alkyl halides is 3. The standard InChI is InChI=1S/C22H22F3N3O4S/c1-2-28(17-6-4-3-5-7-17)33(30,31)19-12-13-21(26-14-19)27-15-20(29)16-8-10-18(11-9-16)32-22(23,24)25/h3-14,20,29H,2,15H2,1H3,(H,26,27). The van der Waals surface area contributed by atoms with Gasteiger partial charge < -0.3 is 15.2 Å². The summed E-state index contributed by atoms with van der Waals surface area (Å²) in [4.78, 5) is 4.12. The Morgan fingerprint density at radius 2 is 1.73 bits per heavy atom. The summed E-state index contributed by atoms with van der Waals surface area (Å²) in [6, 6.07) is 16.4. The fourth-order valence-corrected chi connectivity index (χ4v) is 4.48. The summed E-state index contributed by atoms with van der Waals surface area (Å²) in [7, 11) is -3.81. The van der Waals surface area contributed by atoms with Crippen LogP contribution in [0.25, 0.3) is 0 Å². The van der Waals surface area contributed by atoms with E-state index in [1.807, 2.05) is 0 Å².